The van der Waals surface area contributed by atoms with Crippen molar-refractivity contribution in [2.75, 3.05) is 46.0 Å². The lowest BCUT2D eigenvalue weighted by Crippen LogP contribution is -2.53. The van der Waals surface area contributed by atoms with Gasteiger partial charge in [-0.1, -0.05) is 30.3 Å². The zero-order valence-corrected chi connectivity index (χ0v) is 17.4. The Morgan fingerprint density at radius 1 is 1.04 bits per heavy atom. The number of aliphatic hydroxyl groups is 1. The van der Waals surface area contributed by atoms with Crippen LogP contribution in [0, 0.1) is 5.92 Å². The summed E-state index contributed by atoms with van der Waals surface area (Å²) >= 11 is 1.92. The molecule has 2 aromatic rings. The minimum Gasteiger partial charge on any atom is -0.396 e. The van der Waals surface area contributed by atoms with Crippen LogP contribution < -0.4 is 0 Å². The Kier molecular flexibility index (Phi) is 7.15. The highest BCUT2D eigenvalue weighted by Crippen LogP contribution is 2.31. The highest BCUT2D eigenvalue weighted by Gasteiger charge is 2.33. The Balaban J connectivity index is 1.38. The van der Waals surface area contributed by atoms with Crippen molar-refractivity contribution in [1.82, 2.24) is 9.80 Å². The van der Waals surface area contributed by atoms with E-state index < -0.39 is 0 Å². The molecule has 4 rings (SSSR count). The molecule has 1 aromatic carbocycles. The fraction of sp³-hybridized carbons (Fsp3) is 0.565. The minimum absolute atomic E-state index is 0.303. The summed E-state index contributed by atoms with van der Waals surface area (Å²) in [7, 11) is 0. The van der Waals surface area contributed by atoms with Gasteiger partial charge in [-0.2, -0.15) is 0 Å². The van der Waals surface area contributed by atoms with E-state index in [9.17, 15) is 5.11 Å². The molecule has 2 aliphatic rings. The van der Waals surface area contributed by atoms with E-state index in [-0.39, 0.29) is 0 Å². The first-order valence-corrected chi connectivity index (χ1v) is 11.4. The molecule has 2 atom stereocenters. The average Bonchev–Trinajstić information content (AvgIpc) is 3.22. The van der Waals surface area contributed by atoms with Crippen molar-refractivity contribution < 1.29 is 9.84 Å². The maximum atomic E-state index is 9.36. The fourth-order valence-electron chi connectivity index (χ4n) is 4.71. The summed E-state index contributed by atoms with van der Waals surface area (Å²) in [5, 5.41) is 9.36. The van der Waals surface area contributed by atoms with Gasteiger partial charge in [0.15, 0.2) is 0 Å². The second kappa shape index (κ2) is 9.99. The molecule has 152 valence electrons. The number of thiophene rings is 1. The summed E-state index contributed by atoms with van der Waals surface area (Å²) in [4.78, 5) is 8.07. The number of hydrogen-bond acceptors (Lipinski definition) is 5. The maximum Gasteiger partial charge on any atom is 0.0594 e. The standard InChI is InChI=1S/C23H32N2O2S/c26-14-4-7-20-17-24(11-10-22(20)25-12-15-27-16-13-25)18-21-8-9-23(28-21)19-5-2-1-3-6-19/h1-3,5-6,8-9,20,22,26H,4,7,10-18H2/t20-,22+/m1/s1. The number of rotatable bonds is 7. The van der Waals surface area contributed by atoms with Crippen LogP contribution in [-0.2, 0) is 11.3 Å². The molecule has 28 heavy (non-hydrogen) atoms. The van der Waals surface area contributed by atoms with Gasteiger partial charge in [0.25, 0.3) is 0 Å². The van der Waals surface area contributed by atoms with Crippen molar-refractivity contribution in [2.24, 2.45) is 5.92 Å². The molecule has 0 aliphatic carbocycles. The van der Waals surface area contributed by atoms with E-state index in [1.54, 1.807) is 0 Å². The first kappa shape index (κ1) is 20.0. The van der Waals surface area contributed by atoms with Crippen LogP contribution in [0.25, 0.3) is 10.4 Å². The van der Waals surface area contributed by atoms with E-state index in [4.69, 9.17) is 4.74 Å². The summed E-state index contributed by atoms with van der Waals surface area (Å²) in [6.07, 6.45) is 3.26. The fourth-order valence-corrected chi connectivity index (χ4v) is 5.76. The Morgan fingerprint density at radius 3 is 2.64 bits per heavy atom. The normalized spacial score (nSPS) is 24.5. The number of morpholine rings is 1. The van der Waals surface area contributed by atoms with E-state index in [2.05, 4.69) is 52.3 Å². The van der Waals surface area contributed by atoms with E-state index in [0.29, 0.717) is 18.6 Å². The van der Waals surface area contributed by atoms with Crippen LogP contribution in [0.3, 0.4) is 0 Å². The predicted molar refractivity (Wildman–Crippen MR) is 116 cm³/mol. The molecule has 0 amide bonds. The van der Waals surface area contributed by atoms with E-state index in [1.165, 1.54) is 21.7 Å². The van der Waals surface area contributed by atoms with Gasteiger partial charge in [0, 0.05) is 55.1 Å². The summed E-state index contributed by atoms with van der Waals surface area (Å²) in [6, 6.07) is 15.9. The van der Waals surface area contributed by atoms with Crippen molar-refractivity contribution in [1.29, 1.82) is 0 Å². The molecule has 0 bridgehead atoms. The minimum atomic E-state index is 0.303. The molecular weight excluding hydrogens is 368 g/mol. The van der Waals surface area contributed by atoms with Crippen molar-refractivity contribution >= 4 is 11.3 Å². The molecule has 5 heteroatoms. The van der Waals surface area contributed by atoms with Crippen molar-refractivity contribution in [3.05, 3.63) is 47.3 Å². The molecule has 0 unspecified atom stereocenters. The first-order chi connectivity index (χ1) is 13.8. The summed E-state index contributed by atoms with van der Waals surface area (Å²) in [5.41, 5.74) is 1.31. The summed E-state index contributed by atoms with van der Waals surface area (Å²) in [5.74, 6) is 0.646. The third kappa shape index (κ3) is 5.02. The van der Waals surface area contributed by atoms with Gasteiger partial charge >= 0.3 is 0 Å². The number of benzene rings is 1. The van der Waals surface area contributed by atoms with Crippen LogP contribution in [0.4, 0.5) is 0 Å². The Hall–Kier alpha value is -1.24. The van der Waals surface area contributed by atoms with Gasteiger partial charge in [0.2, 0.25) is 0 Å². The molecule has 4 nitrogen and oxygen atoms in total. The number of aliphatic hydroxyl groups excluding tert-OH is 1. The van der Waals surface area contributed by atoms with Crippen LogP contribution in [0.15, 0.2) is 42.5 Å². The van der Waals surface area contributed by atoms with Crippen molar-refractivity contribution in [2.45, 2.75) is 31.8 Å². The van der Waals surface area contributed by atoms with Gasteiger partial charge < -0.3 is 9.84 Å². The number of nitrogens with zero attached hydrogens (tertiary/aromatic N) is 2. The Labute approximate surface area is 172 Å². The molecule has 0 spiro atoms. The lowest BCUT2D eigenvalue weighted by Gasteiger charge is -2.45. The molecule has 2 aliphatic heterocycles. The highest BCUT2D eigenvalue weighted by molar-refractivity contribution is 7.15. The Morgan fingerprint density at radius 2 is 1.86 bits per heavy atom. The number of piperidine rings is 1. The summed E-state index contributed by atoms with van der Waals surface area (Å²) < 4.78 is 5.56. The topological polar surface area (TPSA) is 35.9 Å². The largest absolute Gasteiger partial charge is 0.396 e. The number of likely N-dealkylation sites (tertiary alicyclic amines) is 1. The molecule has 2 fully saturated rings. The molecular formula is C23H32N2O2S. The molecule has 0 saturated carbocycles. The van der Waals surface area contributed by atoms with Gasteiger partial charge in [0.05, 0.1) is 13.2 Å². The van der Waals surface area contributed by atoms with Gasteiger partial charge in [-0.3, -0.25) is 9.80 Å². The molecule has 1 N–H and O–H groups in total. The first-order valence-electron chi connectivity index (χ1n) is 10.6. The van der Waals surface area contributed by atoms with Crippen LogP contribution in [-0.4, -0.2) is 66.9 Å². The highest BCUT2D eigenvalue weighted by atomic mass is 32.1. The lowest BCUT2D eigenvalue weighted by atomic mass is 9.87. The SMILES string of the molecule is OCCC[C@@H]1CN(Cc2ccc(-c3ccccc3)s2)CC[C@@H]1N1CCOCC1. The van der Waals surface area contributed by atoms with Crippen LogP contribution >= 0.6 is 11.3 Å². The van der Waals surface area contributed by atoms with Crippen LogP contribution in [0.2, 0.25) is 0 Å². The molecule has 0 radical (unpaired) electrons. The zero-order chi connectivity index (χ0) is 19.2. The van der Waals surface area contributed by atoms with Crippen molar-refractivity contribution in [3.8, 4) is 10.4 Å². The van der Waals surface area contributed by atoms with Gasteiger partial charge in [-0.25, -0.2) is 0 Å². The molecule has 2 saturated heterocycles. The van der Waals surface area contributed by atoms with Crippen LogP contribution in [0.5, 0.6) is 0 Å². The second-order valence-electron chi connectivity index (χ2n) is 8.00. The molecule has 1 aromatic heterocycles. The maximum absolute atomic E-state index is 9.36. The van der Waals surface area contributed by atoms with Crippen LogP contribution in [0.1, 0.15) is 24.1 Å². The van der Waals surface area contributed by atoms with Gasteiger partial charge in [0.1, 0.15) is 0 Å². The third-order valence-electron chi connectivity index (χ3n) is 6.13. The zero-order valence-electron chi connectivity index (χ0n) is 16.6. The number of hydrogen-bond donors (Lipinski definition) is 1. The second-order valence-corrected chi connectivity index (χ2v) is 9.17. The smallest absolute Gasteiger partial charge is 0.0594 e. The summed E-state index contributed by atoms with van der Waals surface area (Å²) in [6.45, 7) is 7.50. The van der Waals surface area contributed by atoms with Gasteiger partial charge in [-0.15, -0.1) is 11.3 Å². The quantitative estimate of drug-likeness (QED) is 0.769. The third-order valence-corrected chi connectivity index (χ3v) is 7.24. The van der Waals surface area contributed by atoms with Gasteiger partial charge in [-0.05, 0) is 42.9 Å². The monoisotopic (exact) mass is 400 g/mol. The van der Waals surface area contributed by atoms with E-state index in [1.807, 2.05) is 11.3 Å². The van der Waals surface area contributed by atoms with E-state index in [0.717, 1.165) is 58.8 Å². The lowest BCUT2D eigenvalue weighted by molar-refractivity contribution is -0.0230. The van der Waals surface area contributed by atoms with E-state index >= 15 is 0 Å². The van der Waals surface area contributed by atoms with Crippen molar-refractivity contribution in [3.63, 3.8) is 0 Å². The molecule has 3 heterocycles. The Bertz CT molecular complexity index is 714. The average molecular weight is 401 g/mol. The predicted octanol–water partition coefficient (Wildman–Crippen LogP) is 3.71. The number of ether oxygens (including phenoxy) is 1.